The summed E-state index contributed by atoms with van der Waals surface area (Å²) in [7, 11) is 0. The zero-order valence-corrected chi connectivity index (χ0v) is 17.8. The number of nitrogens with one attached hydrogen (secondary N) is 1. The summed E-state index contributed by atoms with van der Waals surface area (Å²) in [6, 6.07) is 1.84. The minimum absolute atomic E-state index is 0.0370. The average Bonchev–Trinajstić information content (AvgIpc) is 3.47. The lowest BCUT2D eigenvalue weighted by Gasteiger charge is -2.34. The van der Waals surface area contributed by atoms with Gasteiger partial charge in [0.1, 0.15) is 5.54 Å². The first-order valence-electron chi connectivity index (χ1n) is 11.4. The molecule has 30 heavy (non-hydrogen) atoms. The van der Waals surface area contributed by atoms with E-state index in [1.165, 1.54) is 19.3 Å². The number of hydrogen-bond donors (Lipinski definition) is 1. The van der Waals surface area contributed by atoms with Crippen molar-refractivity contribution in [3.8, 4) is 11.8 Å². The van der Waals surface area contributed by atoms with Gasteiger partial charge >= 0.3 is 0 Å². The molecule has 2 saturated heterocycles. The Bertz CT molecular complexity index is 823. The molecule has 1 saturated carbocycles. The van der Waals surface area contributed by atoms with E-state index in [1.807, 2.05) is 11.0 Å². The predicted molar refractivity (Wildman–Crippen MR) is 116 cm³/mol. The molecular weight excluding hydrogens is 376 g/mol. The number of likely N-dealkylation sites (tertiary alicyclic amines) is 2. The number of pyridine rings is 1. The monoisotopic (exact) mass is 408 g/mol. The Kier molecular flexibility index (Phi) is 6.69. The fraction of sp³-hybridized carbons (Fsp3) is 0.625. The number of hydrogen-bond acceptors (Lipinski definition) is 4. The highest BCUT2D eigenvalue weighted by Crippen LogP contribution is 2.28. The van der Waals surface area contributed by atoms with Crippen molar-refractivity contribution in [3.05, 3.63) is 29.6 Å². The molecular formula is C24H32N4O2. The van der Waals surface area contributed by atoms with Gasteiger partial charge in [-0.2, -0.15) is 0 Å². The molecule has 0 radical (unpaired) electrons. The summed E-state index contributed by atoms with van der Waals surface area (Å²) in [5.74, 6) is 6.72. The summed E-state index contributed by atoms with van der Waals surface area (Å²) < 4.78 is 0. The third-order valence-corrected chi connectivity index (χ3v) is 6.48. The lowest BCUT2D eigenvalue weighted by molar-refractivity contribution is -0.123. The maximum atomic E-state index is 12.7. The quantitative estimate of drug-likeness (QED) is 0.778. The summed E-state index contributed by atoms with van der Waals surface area (Å²) in [6.07, 6.45) is 12.9. The van der Waals surface area contributed by atoms with Crippen LogP contribution in [0.1, 0.15) is 73.7 Å². The van der Waals surface area contributed by atoms with E-state index in [4.69, 9.17) is 0 Å². The first-order valence-corrected chi connectivity index (χ1v) is 11.4. The zero-order chi connectivity index (χ0) is 20.8. The van der Waals surface area contributed by atoms with Crippen LogP contribution >= 0.6 is 0 Å². The molecule has 0 spiro atoms. The van der Waals surface area contributed by atoms with Crippen molar-refractivity contribution in [3.63, 3.8) is 0 Å². The van der Waals surface area contributed by atoms with E-state index in [1.54, 1.807) is 12.4 Å². The van der Waals surface area contributed by atoms with Gasteiger partial charge in [0.15, 0.2) is 0 Å². The minimum atomic E-state index is -0.468. The van der Waals surface area contributed by atoms with Crippen LogP contribution in [0.4, 0.5) is 0 Å². The summed E-state index contributed by atoms with van der Waals surface area (Å²) in [6.45, 7) is 4.12. The molecule has 1 aromatic rings. The molecule has 3 heterocycles. The van der Waals surface area contributed by atoms with Crippen LogP contribution in [-0.4, -0.2) is 64.9 Å². The second kappa shape index (κ2) is 9.61. The predicted octanol–water partition coefficient (Wildman–Crippen LogP) is 2.58. The van der Waals surface area contributed by atoms with Crippen LogP contribution in [0.2, 0.25) is 0 Å². The van der Waals surface area contributed by atoms with Crippen molar-refractivity contribution in [2.24, 2.45) is 0 Å². The Morgan fingerprint density at radius 1 is 0.967 bits per heavy atom. The SMILES string of the molecule is O=C(CN1CCCC1)NC1(C#Cc2cncc(C(=O)N3CCCC3)c2)CCCCC1. The van der Waals surface area contributed by atoms with E-state index in [2.05, 4.69) is 27.0 Å². The highest BCUT2D eigenvalue weighted by molar-refractivity contribution is 5.94. The normalized spacial score (nSPS) is 21.1. The van der Waals surface area contributed by atoms with Gasteiger partial charge in [-0.25, -0.2) is 0 Å². The largest absolute Gasteiger partial charge is 0.339 e. The molecule has 1 aromatic heterocycles. The van der Waals surface area contributed by atoms with Gasteiger partial charge in [-0.05, 0) is 57.7 Å². The summed E-state index contributed by atoms with van der Waals surface area (Å²) in [5, 5.41) is 3.26. The molecule has 3 fully saturated rings. The van der Waals surface area contributed by atoms with Crippen molar-refractivity contribution < 1.29 is 9.59 Å². The van der Waals surface area contributed by atoms with E-state index in [0.717, 1.165) is 70.3 Å². The second-order valence-corrected chi connectivity index (χ2v) is 8.89. The van der Waals surface area contributed by atoms with E-state index in [0.29, 0.717) is 12.1 Å². The lowest BCUT2D eigenvalue weighted by atomic mass is 9.82. The number of amides is 2. The molecule has 1 N–H and O–H groups in total. The van der Waals surface area contributed by atoms with Crippen molar-refractivity contribution in [1.29, 1.82) is 0 Å². The molecule has 6 nitrogen and oxygen atoms in total. The van der Waals surface area contributed by atoms with E-state index >= 15 is 0 Å². The Balaban J connectivity index is 1.47. The van der Waals surface area contributed by atoms with Gasteiger partial charge in [-0.1, -0.05) is 31.1 Å². The zero-order valence-electron chi connectivity index (χ0n) is 17.8. The fourth-order valence-electron chi connectivity index (χ4n) is 4.81. The molecule has 0 unspecified atom stereocenters. The first-order chi connectivity index (χ1) is 14.6. The number of carbonyl (C=O) groups excluding carboxylic acids is 2. The van der Waals surface area contributed by atoms with Gasteiger partial charge < -0.3 is 10.2 Å². The van der Waals surface area contributed by atoms with Gasteiger partial charge in [-0.3, -0.25) is 19.5 Å². The number of aromatic nitrogens is 1. The van der Waals surface area contributed by atoms with E-state index in [9.17, 15) is 9.59 Å². The molecule has 0 aromatic carbocycles. The molecule has 4 rings (SSSR count). The van der Waals surface area contributed by atoms with Crippen LogP contribution in [0.25, 0.3) is 0 Å². The highest BCUT2D eigenvalue weighted by atomic mass is 16.2. The molecule has 6 heteroatoms. The Hall–Kier alpha value is -2.39. The van der Waals surface area contributed by atoms with Crippen molar-refractivity contribution >= 4 is 11.8 Å². The molecule has 2 aliphatic heterocycles. The molecule has 3 aliphatic rings. The standard InChI is InChI=1S/C24H32N4O2/c29-22(19-27-12-4-5-13-27)26-24(9-2-1-3-10-24)11-8-20-16-21(18-25-17-20)23(30)28-14-6-7-15-28/h16-18H,1-7,9-10,12-15,19H2,(H,26,29). The van der Waals surface area contributed by atoms with Crippen LogP contribution in [0.15, 0.2) is 18.5 Å². The van der Waals surface area contributed by atoms with E-state index in [-0.39, 0.29) is 11.8 Å². The molecule has 2 amide bonds. The Morgan fingerprint density at radius 2 is 1.67 bits per heavy atom. The van der Waals surface area contributed by atoms with Crippen LogP contribution in [-0.2, 0) is 4.79 Å². The lowest BCUT2D eigenvalue weighted by Crippen LogP contribution is -2.51. The summed E-state index contributed by atoms with van der Waals surface area (Å²) >= 11 is 0. The molecule has 0 bridgehead atoms. The average molecular weight is 409 g/mol. The molecule has 1 aliphatic carbocycles. The van der Waals surface area contributed by atoms with Gasteiger partial charge in [0.2, 0.25) is 5.91 Å². The first kappa shape index (κ1) is 20.9. The number of rotatable bonds is 4. The van der Waals surface area contributed by atoms with Crippen molar-refractivity contribution in [2.75, 3.05) is 32.7 Å². The van der Waals surface area contributed by atoms with Crippen LogP contribution < -0.4 is 5.32 Å². The van der Waals surface area contributed by atoms with Crippen molar-refractivity contribution in [2.45, 2.75) is 63.3 Å². The van der Waals surface area contributed by atoms with Crippen LogP contribution in [0.3, 0.4) is 0 Å². The van der Waals surface area contributed by atoms with Gasteiger partial charge in [0, 0.05) is 31.0 Å². The highest BCUT2D eigenvalue weighted by Gasteiger charge is 2.32. The number of carbonyl (C=O) groups is 2. The maximum Gasteiger partial charge on any atom is 0.255 e. The van der Waals surface area contributed by atoms with Crippen molar-refractivity contribution in [1.82, 2.24) is 20.1 Å². The minimum Gasteiger partial charge on any atom is -0.339 e. The summed E-state index contributed by atoms with van der Waals surface area (Å²) in [4.78, 5) is 33.7. The van der Waals surface area contributed by atoms with Gasteiger partial charge in [-0.15, -0.1) is 0 Å². The molecule has 160 valence electrons. The second-order valence-electron chi connectivity index (χ2n) is 8.89. The third kappa shape index (κ3) is 5.20. The van der Waals surface area contributed by atoms with Crippen LogP contribution in [0, 0.1) is 11.8 Å². The smallest absolute Gasteiger partial charge is 0.255 e. The Morgan fingerprint density at radius 3 is 2.40 bits per heavy atom. The summed E-state index contributed by atoms with van der Waals surface area (Å²) in [5.41, 5.74) is 0.863. The van der Waals surface area contributed by atoms with Gasteiger partial charge in [0.05, 0.1) is 12.1 Å². The maximum absolute atomic E-state index is 12.7. The number of nitrogens with zero attached hydrogens (tertiary/aromatic N) is 3. The fourth-order valence-corrected chi connectivity index (χ4v) is 4.81. The third-order valence-electron chi connectivity index (χ3n) is 6.48. The van der Waals surface area contributed by atoms with Gasteiger partial charge in [0.25, 0.3) is 5.91 Å². The Labute approximate surface area is 179 Å². The van der Waals surface area contributed by atoms with Crippen LogP contribution in [0.5, 0.6) is 0 Å². The van der Waals surface area contributed by atoms with E-state index < -0.39 is 5.54 Å². The topological polar surface area (TPSA) is 65.5 Å². The molecule has 0 atom stereocenters.